The first-order valence-corrected chi connectivity index (χ1v) is 7.74. The Bertz CT molecular complexity index is 600. The molecule has 0 aliphatic rings. The lowest BCUT2D eigenvalue weighted by atomic mass is 10.1. The van der Waals surface area contributed by atoms with Crippen molar-refractivity contribution in [1.82, 2.24) is 15.0 Å². The van der Waals surface area contributed by atoms with Gasteiger partial charge < -0.3 is 9.84 Å². The third kappa shape index (κ3) is 3.85. The normalized spacial score (nSPS) is 11.2. The Hall–Kier alpha value is -1.88. The highest BCUT2D eigenvalue weighted by atomic mass is 16.5. The molecule has 0 amide bonds. The SMILES string of the molecule is Cc1cccc(C)c1OCc1c(CO)nnn1CCC(C)C. The molecule has 1 heterocycles. The molecule has 0 fully saturated rings. The molecule has 22 heavy (non-hydrogen) atoms. The van der Waals surface area contributed by atoms with Crippen molar-refractivity contribution < 1.29 is 9.84 Å². The number of ether oxygens (including phenoxy) is 1. The summed E-state index contributed by atoms with van der Waals surface area (Å²) in [5.41, 5.74) is 3.65. The van der Waals surface area contributed by atoms with Crippen LogP contribution >= 0.6 is 0 Å². The predicted molar refractivity (Wildman–Crippen MR) is 85.6 cm³/mol. The summed E-state index contributed by atoms with van der Waals surface area (Å²) in [4.78, 5) is 0. The molecule has 2 aromatic rings. The van der Waals surface area contributed by atoms with E-state index in [2.05, 4.69) is 24.2 Å². The van der Waals surface area contributed by atoms with Gasteiger partial charge in [0, 0.05) is 6.54 Å². The van der Waals surface area contributed by atoms with Gasteiger partial charge in [-0.05, 0) is 37.3 Å². The molecule has 1 aromatic carbocycles. The first-order chi connectivity index (χ1) is 10.5. The Kier molecular flexibility index (Phi) is 5.55. The Balaban J connectivity index is 2.16. The van der Waals surface area contributed by atoms with E-state index in [9.17, 15) is 5.11 Å². The van der Waals surface area contributed by atoms with Crippen LogP contribution in [0.2, 0.25) is 0 Å². The molecule has 1 N–H and O–H groups in total. The number of aryl methyl sites for hydroxylation is 3. The third-order valence-electron chi connectivity index (χ3n) is 3.75. The number of aromatic nitrogens is 3. The summed E-state index contributed by atoms with van der Waals surface area (Å²) in [7, 11) is 0. The summed E-state index contributed by atoms with van der Waals surface area (Å²) in [6.07, 6.45) is 1.02. The van der Waals surface area contributed by atoms with Crippen LogP contribution in [0, 0.1) is 19.8 Å². The summed E-state index contributed by atoms with van der Waals surface area (Å²) >= 11 is 0. The van der Waals surface area contributed by atoms with Gasteiger partial charge in [0.05, 0.1) is 6.61 Å². The molecule has 1 aromatic heterocycles. The number of aliphatic hydroxyl groups is 1. The van der Waals surface area contributed by atoms with Crippen LogP contribution < -0.4 is 4.74 Å². The van der Waals surface area contributed by atoms with Crippen molar-refractivity contribution in [1.29, 1.82) is 0 Å². The van der Waals surface area contributed by atoms with Gasteiger partial charge in [-0.3, -0.25) is 0 Å². The summed E-state index contributed by atoms with van der Waals surface area (Å²) in [6, 6.07) is 6.08. The monoisotopic (exact) mass is 303 g/mol. The standard InChI is InChI=1S/C17H25N3O2/c1-12(2)8-9-20-16(15(10-21)18-19-20)11-22-17-13(3)6-5-7-14(17)4/h5-7,12,21H,8-11H2,1-4H3. The second kappa shape index (κ2) is 7.40. The maximum Gasteiger partial charge on any atom is 0.132 e. The third-order valence-corrected chi connectivity index (χ3v) is 3.75. The molecule has 0 atom stereocenters. The molecule has 0 saturated heterocycles. The molecule has 2 rings (SSSR count). The van der Waals surface area contributed by atoms with Gasteiger partial charge in [-0.1, -0.05) is 37.3 Å². The van der Waals surface area contributed by atoms with E-state index in [4.69, 9.17) is 4.74 Å². The number of benzene rings is 1. The van der Waals surface area contributed by atoms with Crippen molar-refractivity contribution in [3.8, 4) is 5.75 Å². The highest BCUT2D eigenvalue weighted by molar-refractivity contribution is 5.39. The lowest BCUT2D eigenvalue weighted by molar-refractivity contribution is 0.259. The Morgan fingerprint density at radius 3 is 2.50 bits per heavy atom. The molecule has 0 aliphatic heterocycles. The highest BCUT2D eigenvalue weighted by Crippen LogP contribution is 2.24. The van der Waals surface area contributed by atoms with Gasteiger partial charge in [0.2, 0.25) is 0 Å². The Labute approximate surface area is 131 Å². The van der Waals surface area contributed by atoms with Crippen LogP contribution in [0.25, 0.3) is 0 Å². The fourth-order valence-corrected chi connectivity index (χ4v) is 2.38. The van der Waals surface area contributed by atoms with Crippen LogP contribution in [0.5, 0.6) is 5.75 Å². The lowest BCUT2D eigenvalue weighted by Crippen LogP contribution is -2.11. The van der Waals surface area contributed by atoms with E-state index in [1.54, 1.807) is 0 Å². The van der Waals surface area contributed by atoms with E-state index in [0.717, 1.165) is 35.5 Å². The zero-order chi connectivity index (χ0) is 16.1. The molecule has 0 bridgehead atoms. The zero-order valence-corrected chi connectivity index (χ0v) is 13.8. The fraction of sp³-hybridized carbons (Fsp3) is 0.529. The van der Waals surface area contributed by atoms with Gasteiger partial charge in [0.1, 0.15) is 23.7 Å². The molecule has 0 saturated carbocycles. The highest BCUT2D eigenvalue weighted by Gasteiger charge is 2.14. The van der Waals surface area contributed by atoms with Crippen molar-refractivity contribution in [2.24, 2.45) is 5.92 Å². The number of hydrogen-bond donors (Lipinski definition) is 1. The lowest BCUT2D eigenvalue weighted by Gasteiger charge is -2.14. The number of hydrogen-bond acceptors (Lipinski definition) is 4. The van der Waals surface area contributed by atoms with E-state index >= 15 is 0 Å². The molecule has 120 valence electrons. The number of nitrogens with zero attached hydrogens (tertiary/aromatic N) is 3. The topological polar surface area (TPSA) is 60.2 Å². The van der Waals surface area contributed by atoms with Gasteiger partial charge in [-0.2, -0.15) is 0 Å². The minimum absolute atomic E-state index is 0.118. The molecule has 0 spiro atoms. The van der Waals surface area contributed by atoms with E-state index < -0.39 is 0 Å². The van der Waals surface area contributed by atoms with Crippen LogP contribution in [0.4, 0.5) is 0 Å². The summed E-state index contributed by atoms with van der Waals surface area (Å²) in [6.45, 7) is 9.45. The Morgan fingerprint density at radius 1 is 1.23 bits per heavy atom. The molecule has 0 radical (unpaired) electrons. The molecule has 5 nitrogen and oxygen atoms in total. The van der Waals surface area contributed by atoms with Crippen LogP contribution in [0.1, 0.15) is 42.8 Å². The smallest absolute Gasteiger partial charge is 0.132 e. The number of para-hydroxylation sites is 1. The van der Waals surface area contributed by atoms with Gasteiger partial charge >= 0.3 is 0 Å². The second-order valence-electron chi connectivity index (χ2n) is 6.06. The van der Waals surface area contributed by atoms with E-state index in [1.807, 2.05) is 36.7 Å². The average molecular weight is 303 g/mol. The predicted octanol–water partition coefficient (Wildman–Crippen LogP) is 3.01. The zero-order valence-electron chi connectivity index (χ0n) is 13.8. The van der Waals surface area contributed by atoms with Crippen molar-refractivity contribution in [3.05, 3.63) is 40.7 Å². The number of aliphatic hydroxyl groups excluding tert-OH is 1. The van der Waals surface area contributed by atoms with Gasteiger partial charge in [0.25, 0.3) is 0 Å². The van der Waals surface area contributed by atoms with Crippen LogP contribution in [-0.4, -0.2) is 20.1 Å². The maximum absolute atomic E-state index is 9.44. The first-order valence-electron chi connectivity index (χ1n) is 7.74. The van der Waals surface area contributed by atoms with E-state index in [1.165, 1.54) is 0 Å². The van der Waals surface area contributed by atoms with Crippen molar-refractivity contribution in [2.45, 2.75) is 53.9 Å². The Morgan fingerprint density at radius 2 is 1.91 bits per heavy atom. The van der Waals surface area contributed by atoms with Crippen molar-refractivity contribution >= 4 is 0 Å². The molecular formula is C17H25N3O2. The quantitative estimate of drug-likeness (QED) is 0.854. The summed E-state index contributed by atoms with van der Waals surface area (Å²) in [5.74, 6) is 1.48. The first kappa shape index (κ1) is 16.5. The van der Waals surface area contributed by atoms with Crippen LogP contribution in [-0.2, 0) is 19.8 Å². The maximum atomic E-state index is 9.44. The summed E-state index contributed by atoms with van der Waals surface area (Å²) in [5, 5.41) is 17.6. The van der Waals surface area contributed by atoms with Crippen LogP contribution in [0.3, 0.4) is 0 Å². The molecule has 5 heteroatoms. The number of rotatable bonds is 7. The van der Waals surface area contributed by atoms with Gasteiger partial charge in [-0.25, -0.2) is 4.68 Å². The molecule has 0 aliphatic carbocycles. The minimum Gasteiger partial charge on any atom is -0.487 e. The van der Waals surface area contributed by atoms with Crippen LogP contribution in [0.15, 0.2) is 18.2 Å². The molecule has 0 unspecified atom stereocenters. The average Bonchev–Trinajstić information content (AvgIpc) is 2.86. The van der Waals surface area contributed by atoms with E-state index in [0.29, 0.717) is 18.2 Å². The minimum atomic E-state index is -0.118. The van der Waals surface area contributed by atoms with Gasteiger partial charge in [-0.15, -0.1) is 5.10 Å². The largest absolute Gasteiger partial charge is 0.487 e. The second-order valence-corrected chi connectivity index (χ2v) is 6.06. The van der Waals surface area contributed by atoms with E-state index in [-0.39, 0.29) is 6.61 Å². The summed E-state index contributed by atoms with van der Waals surface area (Å²) < 4.78 is 7.84. The van der Waals surface area contributed by atoms with Crippen molar-refractivity contribution in [2.75, 3.05) is 0 Å². The molecular weight excluding hydrogens is 278 g/mol. The fourth-order valence-electron chi connectivity index (χ4n) is 2.38. The van der Waals surface area contributed by atoms with Crippen molar-refractivity contribution in [3.63, 3.8) is 0 Å². The van der Waals surface area contributed by atoms with Gasteiger partial charge in [0.15, 0.2) is 0 Å².